The van der Waals surface area contributed by atoms with Crippen LogP contribution in [0.4, 0.5) is 0 Å². The van der Waals surface area contributed by atoms with E-state index in [1.165, 1.54) is 12.3 Å². The number of aliphatic carboxylic acids is 1. The smallest absolute Gasteiger partial charge is 0.321 e. The number of nitrogens with two attached hydrogens (primary N) is 1. The first-order chi connectivity index (χ1) is 10.8. The van der Waals surface area contributed by atoms with Gasteiger partial charge in [0.2, 0.25) is 5.09 Å². The molecule has 1 aliphatic heterocycles. The number of primary sulfonamides is 1. The zero-order chi connectivity index (χ0) is 16.6. The number of sulfonamides is 1. The molecule has 1 unspecified atom stereocenters. The van der Waals surface area contributed by atoms with E-state index in [0.29, 0.717) is 18.5 Å². The van der Waals surface area contributed by atoms with Gasteiger partial charge in [0.1, 0.15) is 6.04 Å². The lowest BCUT2D eigenvalue weighted by atomic mass is 9.93. The van der Waals surface area contributed by atoms with Crippen LogP contribution in [0.2, 0.25) is 0 Å². The number of benzene rings is 1. The SMILES string of the molecule is NS(=O)(=O)c1cc(CN2Cc3ccccc3CC2C(=O)O)co1. The maximum absolute atomic E-state index is 11.5. The van der Waals surface area contributed by atoms with Crippen molar-refractivity contribution in [3.05, 3.63) is 53.3 Å². The van der Waals surface area contributed by atoms with Crippen molar-refractivity contribution in [3.8, 4) is 0 Å². The highest BCUT2D eigenvalue weighted by atomic mass is 32.2. The van der Waals surface area contributed by atoms with Crippen molar-refractivity contribution in [2.24, 2.45) is 5.14 Å². The number of carboxylic acids is 1. The monoisotopic (exact) mass is 336 g/mol. The van der Waals surface area contributed by atoms with Crippen molar-refractivity contribution in [2.75, 3.05) is 0 Å². The van der Waals surface area contributed by atoms with Gasteiger partial charge in [0, 0.05) is 24.7 Å². The first kappa shape index (κ1) is 15.7. The maximum atomic E-state index is 11.5. The number of carbonyl (C=O) groups is 1. The average molecular weight is 336 g/mol. The van der Waals surface area contributed by atoms with E-state index in [0.717, 1.165) is 11.1 Å². The van der Waals surface area contributed by atoms with Crippen LogP contribution in [0.25, 0.3) is 0 Å². The molecule has 0 saturated heterocycles. The standard InChI is InChI=1S/C15H16N2O5S/c16-23(20,21)14-5-10(9-22-14)7-17-8-12-4-2-1-3-11(12)6-13(17)15(18)19/h1-5,9,13H,6-8H2,(H,18,19)(H2,16,20,21). The molecule has 0 spiro atoms. The van der Waals surface area contributed by atoms with Crippen LogP contribution in [0.3, 0.4) is 0 Å². The number of hydrogen-bond acceptors (Lipinski definition) is 5. The van der Waals surface area contributed by atoms with E-state index in [-0.39, 0.29) is 11.6 Å². The Bertz CT molecular complexity index is 843. The molecule has 0 bridgehead atoms. The van der Waals surface area contributed by atoms with Crippen LogP contribution in [0.5, 0.6) is 0 Å². The molecule has 0 fully saturated rings. The Morgan fingerprint density at radius 2 is 2.04 bits per heavy atom. The fraction of sp³-hybridized carbons (Fsp3) is 0.267. The molecule has 2 heterocycles. The van der Waals surface area contributed by atoms with Gasteiger partial charge in [-0.1, -0.05) is 24.3 Å². The summed E-state index contributed by atoms with van der Waals surface area (Å²) in [6.45, 7) is 0.743. The highest BCUT2D eigenvalue weighted by Gasteiger charge is 2.31. The molecule has 3 rings (SSSR count). The molecule has 0 aliphatic carbocycles. The summed E-state index contributed by atoms with van der Waals surface area (Å²) in [6.07, 6.45) is 1.70. The van der Waals surface area contributed by atoms with E-state index in [1.54, 1.807) is 4.90 Å². The third kappa shape index (κ3) is 3.29. The molecule has 3 N–H and O–H groups in total. The summed E-state index contributed by atoms with van der Waals surface area (Å²) < 4.78 is 27.5. The molecule has 122 valence electrons. The number of hydrogen-bond donors (Lipinski definition) is 2. The molecule has 1 aliphatic rings. The van der Waals surface area contributed by atoms with Crippen molar-refractivity contribution in [1.82, 2.24) is 4.90 Å². The van der Waals surface area contributed by atoms with Gasteiger partial charge < -0.3 is 9.52 Å². The third-order valence-electron chi connectivity index (χ3n) is 3.93. The highest BCUT2D eigenvalue weighted by molar-refractivity contribution is 7.89. The van der Waals surface area contributed by atoms with Crippen molar-refractivity contribution in [1.29, 1.82) is 0 Å². The summed E-state index contributed by atoms with van der Waals surface area (Å²) in [5, 5.41) is 14.2. The first-order valence-corrected chi connectivity index (χ1v) is 8.53. The Labute approximate surface area is 133 Å². The van der Waals surface area contributed by atoms with Crippen LogP contribution in [0.1, 0.15) is 16.7 Å². The Morgan fingerprint density at radius 3 is 2.65 bits per heavy atom. The Kier molecular flexibility index (Phi) is 3.97. The fourth-order valence-electron chi connectivity index (χ4n) is 2.81. The summed E-state index contributed by atoms with van der Waals surface area (Å²) in [4.78, 5) is 13.3. The summed E-state index contributed by atoms with van der Waals surface area (Å²) in [5.41, 5.74) is 2.66. The summed E-state index contributed by atoms with van der Waals surface area (Å²) in [7, 11) is -3.90. The molecule has 1 atom stereocenters. The molecular weight excluding hydrogens is 320 g/mol. The lowest BCUT2D eigenvalue weighted by molar-refractivity contribution is -0.144. The molecule has 0 saturated carbocycles. The summed E-state index contributed by atoms with van der Waals surface area (Å²) >= 11 is 0. The fourth-order valence-corrected chi connectivity index (χ4v) is 3.30. The van der Waals surface area contributed by atoms with Gasteiger partial charge in [-0.15, -0.1) is 0 Å². The lowest BCUT2D eigenvalue weighted by Crippen LogP contribution is -2.44. The normalized spacial score (nSPS) is 18.6. The van der Waals surface area contributed by atoms with Crippen molar-refractivity contribution >= 4 is 16.0 Å². The van der Waals surface area contributed by atoms with E-state index in [2.05, 4.69) is 0 Å². The number of furan rings is 1. The topological polar surface area (TPSA) is 114 Å². The molecule has 23 heavy (non-hydrogen) atoms. The van der Waals surface area contributed by atoms with Crippen LogP contribution < -0.4 is 5.14 Å². The van der Waals surface area contributed by atoms with Crippen LogP contribution in [-0.2, 0) is 34.3 Å². The van der Waals surface area contributed by atoms with E-state index < -0.39 is 22.0 Å². The van der Waals surface area contributed by atoms with Crippen molar-refractivity contribution in [3.63, 3.8) is 0 Å². The third-order valence-corrected chi connectivity index (χ3v) is 4.70. The quantitative estimate of drug-likeness (QED) is 0.859. The lowest BCUT2D eigenvalue weighted by Gasteiger charge is -2.34. The van der Waals surface area contributed by atoms with E-state index >= 15 is 0 Å². The molecule has 0 radical (unpaired) electrons. The van der Waals surface area contributed by atoms with E-state index in [1.807, 2.05) is 24.3 Å². The first-order valence-electron chi connectivity index (χ1n) is 6.98. The number of carboxylic acid groups (broad SMARTS) is 1. The highest BCUT2D eigenvalue weighted by Crippen LogP contribution is 2.26. The minimum absolute atomic E-state index is 0.268. The van der Waals surface area contributed by atoms with Gasteiger partial charge >= 0.3 is 5.97 Å². The van der Waals surface area contributed by atoms with Crippen molar-refractivity contribution < 1.29 is 22.7 Å². The maximum Gasteiger partial charge on any atom is 0.321 e. The van der Waals surface area contributed by atoms with Gasteiger partial charge in [0.15, 0.2) is 0 Å². The minimum atomic E-state index is -3.90. The molecular formula is C15H16N2O5S. The second kappa shape index (κ2) is 5.80. The van der Waals surface area contributed by atoms with Crippen molar-refractivity contribution in [2.45, 2.75) is 30.6 Å². The molecule has 1 aromatic heterocycles. The molecule has 1 aromatic carbocycles. The number of nitrogens with zero attached hydrogens (tertiary/aromatic N) is 1. The number of rotatable bonds is 4. The summed E-state index contributed by atoms with van der Waals surface area (Å²) in [5.74, 6) is -0.908. The second-order valence-corrected chi connectivity index (χ2v) is 7.04. The summed E-state index contributed by atoms with van der Waals surface area (Å²) in [6, 6.07) is 8.36. The molecule has 0 amide bonds. The zero-order valence-corrected chi connectivity index (χ0v) is 13.0. The van der Waals surface area contributed by atoms with Crippen LogP contribution in [0, 0.1) is 0 Å². The Morgan fingerprint density at radius 1 is 1.35 bits per heavy atom. The van der Waals surface area contributed by atoms with Gasteiger partial charge in [-0.05, 0) is 17.5 Å². The predicted molar refractivity (Wildman–Crippen MR) is 80.9 cm³/mol. The van der Waals surface area contributed by atoms with Gasteiger partial charge in [-0.3, -0.25) is 9.69 Å². The van der Waals surface area contributed by atoms with Gasteiger partial charge in [0.05, 0.1) is 6.26 Å². The second-order valence-electron chi connectivity index (χ2n) is 5.55. The molecule has 8 heteroatoms. The largest absolute Gasteiger partial charge is 0.480 e. The molecule has 2 aromatic rings. The minimum Gasteiger partial charge on any atom is -0.480 e. The van der Waals surface area contributed by atoms with Crippen LogP contribution >= 0.6 is 0 Å². The van der Waals surface area contributed by atoms with Gasteiger partial charge in [-0.25, -0.2) is 13.6 Å². The van der Waals surface area contributed by atoms with E-state index in [4.69, 9.17) is 9.56 Å². The van der Waals surface area contributed by atoms with Crippen LogP contribution in [0.15, 0.2) is 46.1 Å². The van der Waals surface area contributed by atoms with E-state index in [9.17, 15) is 18.3 Å². The molecule has 7 nitrogen and oxygen atoms in total. The van der Waals surface area contributed by atoms with Gasteiger partial charge in [-0.2, -0.15) is 0 Å². The Hall–Kier alpha value is -2.16. The van der Waals surface area contributed by atoms with Gasteiger partial charge in [0.25, 0.3) is 10.0 Å². The zero-order valence-electron chi connectivity index (χ0n) is 12.2. The average Bonchev–Trinajstić information content (AvgIpc) is 2.95. The Balaban J connectivity index is 1.86. The van der Waals surface area contributed by atoms with Crippen LogP contribution in [-0.4, -0.2) is 30.4 Å². The predicted octanol–water partition coefficient (Wildman–Crippen LogP) is 0.938. The number of fused-ring (bicyclic) bond motifs is 1.